The normalized spacial score (nSPS) is 23.6. The van der Waals surface area contributed by atoms with Gasteiger partial charge in [0.05, 0.1) is 24.8 Å². The van der Waals surface area contributed by atoms with Crippen molar-refractivity contribution in [3.8, 4) is 11.5 Å². The number of likely N-dealkylation sites (N-methyl/N-ethyl adjacent to an activating group) is 1. The number of carbonyl (C=O) groups excluding carboxylic acids is 1. The van der Waals surface area contributed by atoms with Gasteiger partial charge in [0.15, 0.2) is 0 Å². The number of carbonyl (C=O) groups is 1. The maximum absolute atomic E-state index is 14.3. The maximum Gasteiger partial charge on any atom is 0.239 e. The summed E-state index contributed by atoms with van der Waals surface area (Å²) in [7, 11) is 1.91. The number of benzene rings is 2. The third-order valence-electron chi connectivity index (χ3n) is 12.7. The van der Waals surface area contributed by atoms with Crippen molar-refractivity contribution in [2.75, 3.05) is 45.8 Å². The quantitative estimate of drug-likeness (QED) is 0.0361. The van der Waals surface area contributed by atoms with Crippen LogP contribution in [-0.2, 0) is 14.4 Å². The van der Waals surface area contributed by atoms with Crippen LogP contribution in [0.4, 0.5) is 0 Å². The number of aliphatic hydroxyl groups is 2. The molecule has 332 valence electrons. The molecule has 2 aliphatic carbocycles. The van der Waals surface area contributed by atoms with Crippen LogP contribution >= 0.6 is 11.8 Å². The van der Waals surface area contributed by atoms with E-state index in [1.165, 1.54) is 43.4 Å². The van der Waals surface area contributed by atoms with Crippen molar-refractivity contribution in [1.29, 1.82) is 0 Å². The molecule has 1 saturated carbocycles. The largest absolute Gasteiger partial charge is 0.493 e. The number of hydrogen-bond acceptors (Lipinski definition) is 9. The number of nitrogens with zero attached hydrogens (tertiary/aromatic N) is 2. The van der Waals surface area contributed by atoms with Crippen molar-refractivity contribution in [3.63, 3.8) is 0 Å². The topological polar surface area (TPSA) is 110 Å². The molecule has 2 N–H and O–H groups in total. The lowest BCUT2D eigenvalue weighted by atomic mass is 9.55. The van der Waals surface area contributed by atoms with Crippen molar-refractivity contribution >= 4 is 23.4 Å². The summed E-state index contributed by atoms with van der Waals surface area (Å²) in [6, 6.07) is 16.1. The minimum Gasteiger partial charge on any atom is -0.493 e. The monoisotopic (exact) mass is 847 g/mol. The SMILES string of the molecule is C=CCOC12Oc3ccc(OCCSc4ccccc4)cc3C3C(CCCCO)C(CCCCO)C=C(C(=NOCC)CC1N(C)C(=O)CCCCCCCCCCC)C32. The predicted molar refractivity (Wildman–Crippen MR) is 244 cm³/mol. The van der Waals surface area contributed by atoms with Gasteiger partial charge in [-0.15, -0.1) is 18.3 Å². The van der Waals surface area contributed by atoms with Gasteiger partial charge >= 0.3 is 0 Å². The molecular formula is C50H74N2O7S. The van der Waals surface area contributed by atoms with E-state index in [4.69, 9.17) is 24.2 Å². The molecule has 0 spiro atoms. The van der Waals surface area contributed by atoms with E-state index in [1.807, 2.05) is 37.1 Å². The fourth-order valence-corrected chi connectivity index (χ4v) is 10.5. The molecule has 2 aromatic carbocycles. The van der Waals surface area contributed by atoms with E-state index in [2.05, 4.69) is 49.9 Å². The molecule has 9 nitrogen and oxygen atoms in total. The molecule has 0 bridgehead atoms. The van der Waals surface area contributed by atoms with Crippen LogP contribution < -0.4 is 9.47 Å². The summed E-state index contributed by atoms with van der Waals surface area (Å²) < 4.78 is 20.8. The Labute approximate surface area is 365 Å². The Morgan fingerprint density at radius 3 is 2.37 bits per heavy atom. The van der Waals surface area contributed by atoms with E-state index in [9.17, 15) is 15.0 Å². The molecule has 6 atom stereocenters. The van der Waals surface area contributed by atoms with Gasteiger partial charge in [-0.25, -0.2) is 0 Å². The standard InChI is InChI=1S/C50H74N2O7S/c1-5-8-9-10-11-12-13-14-18-27-47(55)52(4)46-37-44(51-58-7-3)42-35-38(23-19-21-30-53)41(26-20-22-31-54)48-43-36-39(56-33-34-60-40-24-16-15-17-25-40)28-29-45(43)59-50(46,49(42)48)57-32-6-2/h6,15-17,24-25,28-29,35-36,38,41,46,48-49,53-54H,2,5,7-14,18-23,26-27,30-34,37H2,1,3-4H3. The van der Waals surface area contributed by atoms with Gasteiger partial charge in [0.1, 0.15) is 24.1 Å². The van der Waals surface area contributed by atoms with Gasteiger partial charge in [-0.1, -0.05) is 107 Å². The summed E-state index contributed by atoms with van der Waals surface area (Å²) in [4.78, 5) is 23.2. The molecular weight excluding hydrogens is 773 g/mol. The van der Waals surface area contributed by atoms with E-state index >= 15 is 0 Å². The number of aliphatic hydroxyl groups excluding tert-OH is 2. The van der Waals surface area contributed by atoms with Gasteiger partial charge in [0.2, 0.25) is 11.7 Å². The summed E-state index contributed by atoms with van der Waals surface area (Å²) >= 11 is 1.77. The fourth-order valence-electron chi connectivity index (χ4n) is 9.73. The third-order valence-corrected chi connectivity index (χ3v) is 13.6. The summed E-state index contributed by atoms with van der Waals surface area (Å²) in [6.07, 6.45) is 20.7. The lowest BCUT2D eigenvalue weighted by Gasteiger charge is -2.59. The summed E-state index contributed by atoms with van der Waals surface area (Å²) in [5.74, 6) is 1.13. The molecule has 3 aliphatic rings. The van der Waals surface area contributed by atoms with E-state index in [0.29, 0.717) is 32.5 Å². The van der Waals surface area contributed by atoms with Gasteiger partial charge in [-0.3, -0.25) is 4.79 Å². The zero-order valence-corrected chi connectivity index (χ0v) is 37.7. The molecule has 0 radical (unpaired) electrons. The molecule has 1 heterocycles. The minimum atomic E-state index is -1.23. The first-order valence-corrected chi connectivity index (χ1v) is 24.2. The minimum absolute atomic E-state index is 0.0749. The Morgan fingerprint density at radius 1 is 0.950 bits per heavy atom. The highest BCUT2D eigenvalue weighted by atomic mass is 32.2. The van der Waals surface area contributed by atoms with Crippen LogP contribution in [-0.4, -0.2) is 84.4 Å². The Hall–Kier alpha value is -3.31. The Kier molecular flexibility index (Phi) is 20.4. The van der Waals surface area contributed by atoms with E-state index in [0.717, 1.165) is 85.5 Å². The molecule has 0 aromatic heterocycles. The second-order valence-electron chi connectivity index (χ2n) is 16.8. The van der Waals surface area contributed by atoms with Crippen LogP contribution in [0.1, 0.15) is 134 Å². The van der Waals surface area contributed by atoms with Gasteiger partial charge in [-0.2, -0.15) is 0 Å². The lowest BCUT2D eigenvalue weighted by molar-refractivity contribution is -0.255. The van der Waals surface area contributed by atoms with Crippen LogP contribution in [0.15, 0.2) is 82.9 Å². The molecule has 1 amide bonds. The number of allylic oxidation sites excluding steroid dienone is 1. The van der Waals surface area contributed by atoms with Crippen molar-refractivity contribution in [2.24, 2.45) is 22.9 Å². The van der Waals surface area contributed by atoms with E-state index in [1.54, 1.807) is 17.8 Å². The molecule has 5 rings (SSSR count). The zero-order valence-electron chi connectivity index (χ0n) is 36.9. The molecule has 0 saturated heterocycles. The van der Waals surface area contributed by atoms with E-state index in [-0.39, 0.29) is 49.4 Å². The molecule has 6 unspecified atom stereocenters. The number of ether oxygens (including phenoxy) is 3. The summed E-state index contributed by atoms with van der Waals surface area (Å²) in [6.45, 7) is 9.75. The molecule has 60 heavy (non-hydrogen) atoms. The van der Waals surface area contributed by atoms with E-state index < -0.39 is 11.8 Å². The van der Waals surface area contributed by atoms with Crippen molar-refractivity contribution in [2.45, 2.75) is 146 Å². The van der Waals surface area contributed by atoms with Crippen LogP contribution in [0.2, 0.25) is 0 Å². The molecule has 1 aliphatic heterocycles. The van der Waals surface area contributed by atoms with Gasteiger partial charge in [0, 0.05) is 55.2 Å². The summed E-state index contributed by atoms with van der Waals surface area (Å²) in [5.41, 5.74) is 2.95. The smallest absolute Gasteiger partial charge is 0.239 e. The van der Waals surface area contributed by atoms with Crippen LogP contribution in [0.25, 0.3) is 0 Å². The zero-order chi connectivity index (χ0) is 42.6. The Morgan fingerprint density at radius 2 is 1.67 bits per heavy atom. The van der Waals surface area contributed by atoms with Crippen LogP contribution in [0.5, 0.6) is 11.5 Å². The highest BCUT2D eigenvalue weighted by Crippen LogP contribution is 2.61. The molecule has 10 heteroatoms. The van der Waals surface area contributed by atoms with Crippen molar-refractivity contribution < 1.29 is 34.1 Å². The fraction of sp³-hybridized carbons (Fsp3) is 0.640. The summed E-state index contributed by atoms with van der Waals surface area (Å²) in [5, 5.41) is 24.6. The Balaban J connectivity index is 1.52. The lowest BCUT2D eigenvalue weighted by Crippen LogP contribution is -2.69. The second kappa shape index (κ2) is 25.6. The maximum atomic E-state index is 14.3. The number of amides is 1. The molecule has 1 fully saturated rings. The van der Waals surface area contributed by atoms with Crippen molar-refractivity contribution in [1.82, 2.24) is 4.90 Å². The second-order valence-corrected chi connectivity index (χ2v) is 18.0. The van der Waals surface area contributed by atoms with Crippen molar-refractivity contribution in [3.05, 3.63) is 78.4 Å². The first-order valence-electron chi connectivity index (χ1n) is 23.2. The van der Waals surface area contributed by atoms with Crippen LogP contribution in [0, 0.1) is 17.8 Å². The number of rotatable bonds is 29. The Bertz CT molecular complexity index is 1650. The molecule has 2 aromatic rings. The number of oxime groups is 1. The van der Waals surface area contributed by atoms with Crippen LogP contribution in [0.3, 0.4) is 0 Å². The number of fused-ring (bicyclic) bond motifs is 2. The third kappa shape index (κ3) is 12.6. The van der Waals surface area contributed by atoms with Gasteiger partial charge < -0.3 is 34.2 Å². The highest BCUT2D eigenvalue weighted by molar-refractivity contribution is 7.99. The predicted octanol–water partition coefficient (Wildman–Crippen LogP) is 10.9. The average molecular weight is 847 g/mol. The van der Waals surface area contributed by atoms with Gasteiger partial charge in [0.25, 0.3) is 0 Å². The number of unbranched alkanes of at least 4 members (excludes halogenated alkanes) is 10. The average Bonchev–Trinajstić information content (AvgIpc) is 3.27. The number of thioether (sulfide) groups is 1. The highest BCUT2D eigenvalue weighted by Gasteiger charge is 2.65. The van der Waals surface area contributed by atoms with Gasteiger partial charge in [-0.05, 0) is 86.8 Å². The first kappa shape index (κ1) is 47.7. The first-order chi connectivity index (χ1) is 29.4. The number of hydrogen-bond donors (Lipinski definition) is 2.